The van der Waals surface area contributed by atoms with Crippen LogP contribution in [0.1, 0.15) is 59.6 Å². The number of carbonyl (C=O) groups is 1. The first-order valence-corrected chi connectivity index (χ1v) is 12.6. The number of likely N-dealkylation sites (tertiary alicyclic amines) is 1. The molecule has 1 aliphatic heterocycles. The molecule has 2 fully saturated rings. The molecule has 9 heteroatoms. The molecule has 1 aromatic heterocycles. The van der Waals surface area contributed by atoms with E-state index in [2.05, 4.69) is 15.3 Å². The van der Waals surface area contributed by atoms with Gasteiger partial charge in [-0.1, -0.05) is 42.3 Å². The smallest absolute Gasteiger partial charge is 0.344 e. The minimum atomic E-state index is -4.64. The largest absolute Gasteiger partial charge is 0.417 e. The molecule has 2 aromatic carbocycles. The molecule has 2 aliphatic rings. The molecule has 36 heavy (non-hydrogen) atoms. The van der Waals surface area contributed by atoms with E-state index in [4.69, 9.17) is 11.6 Å². The Morgan fingerprint density at radius 1 is 1.11 bits per heavy atom. The van der Waals surface area contributed by atoms with Crippen molar-refractivity contribution in [1.29, 1.82) is 0 Å². The van der Waals surface area contributed by atoms with Crippen molar-refractivity contribution in [2.24, 2.45) is 7.05 Å². The summed E-state index contributed by atoms with van der Waals surface area (Å²) in [5.74, 6) is -0.607. The lowest BCUT2D eigenvalue weighted by atomic mass is 9.89. The van der Waals surface area contributed by atoms with E-state index in [1.165, 1.54) is 12.1 Å². The second-order valence-electron chi connectivity index (χ2n) is 9.68. The fourth-order valence-electron chi connectivity index (χ4n) is 5.23. The van der Waals surface area contributed by atoms with Crippen molar-refractivity contribution in [2.45, 2.75) is 56.4 Å². The molecule has 1 aliphatic carbocycles. The van der Waals surface area contributed by atoms with Crippen LogP contribution in [0.4, 0.5) is 13.2 Å². The lowest BCUT2D eigenvalue weighted by Crippen LogP contribution is -2.49. The molecular formula is C27H28ClF3N4O. The molecule has 0 unspecified atom stereocenters. The Balaban J connectivity index is 1.52. The predicted molar refractivity (Wildman–Crippen MR) is 133 cm³/mol. The van der Waals surface area contributed by atoms with Crippen LogP contribution in [0.25, 0.3) is 11.1 Å². The molecule has 0 radical (unpaired) electrons. The standard InChI is InChI=1S/C27H28ClF3N4O/c1-34-16-19(15-32-34)17-6-4-7-18(14-17)25(23-10-2-3-13-35(23)20-11-12-20)33-26(36)21-8-5-9-22(24(21)28)27(29,30)31/h4-9,14-16,20,23,25H,2-3,10-13H2,1H3,(H,33,36)/t23-,25-/m0/s1. The first kappa shape index (κ1) is 24.8. The van der Waals surface area contributed by atoms with E-state index >= 15 is 0 Å². The zero-order chi connectivity index (χ0) is 25.4. The minimum absolute atomic E-state index is 0.0453. The van der Waals surface area contributed by atoms with Crippen molar-refractivity contribution < 1.29 is 18.0 Å². The topological polar surface area (TPSA) is 50.2 Å². The molecule has 2 atom stereocenters. The average molecular weight is 517 g/mol. The van der Waals surface area contributed by atoms with Gasteiger partial charge in [0.05, 0.1) is 28.4 Å². The van der Waals surface area contributed by atoms with Gasteiger partial charge in [0.25, 0.3) is 5.91 Å². The third-order valence-electron chi connectivity index (χ3n) is 7.11. The van der Waals surface area contributed by atoms with Gasteiger partial charge >= 0.3 is 6.18 Å². The minimum Gasteiger partial charge on any atom is -0.344 e. The van der Waals surface area contributed by atoms with Gasteiger partial charge in [-0.15, -0.1) is 0 Å². The van der Waals surface area contributed by atoms with Crippen molar-refractivity contribution in [3.63, 3.8) is 0 Å². The lowest BCUT2D eigenvalue weighted by Gasteiger charge is -2.41. The van der Waals surface area contributed by atoms with Gasteiger partial charge in [-0.3, -0.25) is 14.4 Å². The van der Waals surface area contributed by atoms with Crippen molar-refractivity contribution in [3.05, 3.63) is 76.6 Å². The Labute approximate surface area is 213 Å². The number of amides is 1. The normalized spacial score (nSPS) is 19.8. The zero-order valence-electron chi connectivity index (χ0n) is 19.9. The lowest BCUT2D eigenvalue weighted by molar-refractivity contribution is -0.137. The Kier molecular flexibility index (Phi) is 6.83. The number of benzene rings is 2. The highest BCUT2D eigenvalue weighted by molar-refractivity contribution is 6.34. The number of aromatic nitrogens is 2. The third kappa shape index (κ3) is 5.15. The van der Waals surface area contributed by atoms with E-state index in [1.54, 1.807) is 10.9 Å². The number of aryl methyl sites for hydroxylation is 1. The van der Waals surface area contributed by atoms with E-state index in [1.807, 2.05) is 37.5 Å². The first-order valence-electron chi connectivity index (χ1n) is 12.2. The summed E-state index contributed by atoms with van der Waals surface area (Å²) in [7, 11) is 1.85. The summed E-state index contributed by atoms with van der Waals surface area (Å²) in [6.07, 6.45) is 4.36. The van der Waals surface area contributed by atoms with Crippen LogP contribution >= 0.6 is 11.6 Å². The number of alkyl halides is 3. The SMILES string of the molecule is Cn1cc(-c2cccc([C@H](NC(=O)c3cccc(C(F)(F)F)c3Cl)[C@@H]3CCCCN3C3CC3)c2)cn1. The fourth-order valence-corrected chi connectivity index (χ4v) is 5.55. The van der Waals surface area contributed by atoms with Crippen molar-refractivity contribution >= 4 is 17.5 Å². The number of nitrogens with zero attached hydrogens (tertiary/aromatic N) is 3. The fraction of sp³-hybridized carbons (Fsp3) is 0.407. The van der Waals surface area contributed by atoms with Crippen LogP contribution in [0, 0.1) is 0 Å². The van der Waals surface area contributed by atoms with Crippen molar-refractivity contribution in [3.8, 4) is 11.1 Å². The summed E-state index contributed by atoms with van der Waals surface area (Å²) in [5, 5.41) is 6.77. The molecule has 1 saturated heterocycles. The average Bonchev–Trinajstić information content (AvgIpc) is 3.61. The Bertz CT molecular complexity index is 1250. The van der Waals surface area contributed by atoms with Crippen LogP contribution in [-0.4, -0.2) is 39.2 Å². The van der Waals surface area contributed by atoms with Gasteiger partial charge < -0.3 is 5.32 Å². The van der Waals surface area contributed by atoms with Crippen molar-refractivity contribution in [1.82, 2.24) is 20.0 Å². The molecule has 1 saturated carbocycles. The van der Waals surface area contributed by atoms with Crippen LogP contribution in [-0.2, 0) is 13.2 Å². The second-order valence-corrected chi connectivity index (χ2v) is 10.1. The first-order chi connectivity index (χ1) is 17.2. The summed E-state index contributed by atoms with van der Waals surface area (Å²) >= 11 is 6.10. The molecule has 2 heterocycles. The highest BCUT2D eigenvalue weighted by Gasteiger charge is 2.40. The maximum absolute atomic E-state index is 13.4. The second kappa shape index (κ2) is 9.90. The van der Waals surface area contributed by atoms with Gasteiger partial charge in [0.2, 0.25) is 0 Å². The van der Waals surface area contributed by atoms with Gasteiger partial charge in [0.15, 0.2) is 0 Å². The summed E-state index contributed by atoms with van der Waals surface area (Å²) in [4.78, 5) is 15.9. The number of carbonyl (C=O) groups excluding carboxylic acids is 1. The molecule has 0 spiro atoms. The molecule has 1 amide bonds. The summed E-state index contributed by atoms with van der Waals surface area (Å²) < 4.78 is 42.0. The Morgan fingerprint density at radius 2 is 1.89 bits per heavy atom. The van der Waals surface area contributed by atoms with Crippen LogP contribution in [0.5, 0.6) is 0 Å². The van der Waals surface area contributed by atoms with Gasteiger partial charge in [-0.05, 0) is 61.6 Å². The van der Waals surface area contributed by atoms with Crippen LogP contribution in [0.3, 0.4) is 0 Å². The molecule has 0 bridgehead atoms. The van der Waals surface area contributed by atoms with Gasteiger partial charge in [-0.2, -0.15) is 18.3 Å². The van der Waals surface area contributed by atoms with E-state index in [0.29, 0.717) is 6.04 Å². The summed E-state index contributed by atoms with van der Waals surface area (Å²) in [6, 6.07) is 11.5. The van der Waals surface area contributed by atoms with E-state index in [0.717, 1.165) is 61.4 Å². The quantitative estimate of drug-likeness (QED) is 0.421. The van der Waals surface area contributed by atoms with Gasteiger partial charge in [-0.25, -0.2) is 0 Å². The predicted octanol–water partition coefficient (Wildman–Crippen LogP) is 6.25. The zero-order valence-corrected chi connectivity index (χ0v) is 20.7. The molecule has 3 aromatic rings. The van der Waals surface area contributed by atoms with E-state index in [9.17, 15) is 18.0 Å². The molecule has 5 rings (SSSR count). The number of hydrogen-bond acceptors (Lipinski definition) is 3. The molecule has 1 N–H and O–H groups in total. The van der Waals surface area contributed by atoms with Crippen LogP contribution < -0.4 is 5.32 Å². The Morgan fingerprint density at radius 3 is 2.58 bits per heavy atom. The number of hydrogen-bond donors (Lipinski definition) is 1. The van der Waals surface area contributed by atoms with Crippen molar-refractivity contribution in [2.75, 3.05) is 6.54 Å². The molecular weight excluding hydrogens is 489 g/mol. The number of piperidine rings is 1. The molecule has 5 nitrogen and oxygen atoms in total. The van der Waals surface area contributed by atoms with E-state index in [-0.39, 0.29) is 11.6 Å². The maximum Gasteiger partial charge on any atom is 0.417 e. The maximum atomic E-state index is 13.4. The van der Waals surface area contributed by atoms with E-state index < -0.39 is 28.7 Å². The number of halogens is 4. The number of rotatable bonds is 6. The van der Waals surface area contributed by atoms with Gasteiger partial charge in [0.1, 0.15) is 0 Å². The number of nitrogens with one attached hydrogen (secondary N) is 1. The highest BCUT2D eigenvalue weighted by atomic mass is 35.5. The van der Waals surface area contributed by atoms with Gasteiger partial charge in [0, 0.05) is 30.9 Å². The summed E-state index contributed by atoms with van der Waals surface area (Å²) in [5.41, 5.74) is 1.64. The summed E-state index contributed by atoms with van der Waals surface area (Å²) in [6.45, 7) is 0.953. The highest BCUT2D eigenvalue weighted by Crippen LogP contribution is 2.39. The molecule has 190 valence electrons. The van der Waals surface area contributed by atoms with Crippen LogP contribution in [0.2, 0.25) is 5.02 Å². The Hall–Kier alpha value is -2.84. The third-order valence-corrected chi connectivity index (χ3v) is 7.52. The van der Waals surface area contributed by atoms with Crippen LogP contribution in [0.15, 0.2) is 54.9 Å². The monoisotopic (exact) mass is 516 g/mol.